The summed E-state index contributed by atoms with van der Waals surface area (Å²) in [5, 5.41) is 0. The van der Waals surface area contributed by atoms with E-state index in [0.717, 1.165) is 25.9 Å². The summed E-state index contributed by atoms with van der Waals surface area (Å²) in [5.74, 6) is 0.680. The molecule has 138 valence electrons. The van der Waals surface area contributed by atoms with Crippen molar-refractivity contribution in [1.29, 1.82) is 0 Å². The minimum Gasteiger partial charge on any atom is -0.339 e. The molecule has 0 radical (unpaired) electrons. The van der Waals surface area contributed by atoms with E-state index in [1.165, 1.54) is 0 Å². The zero-order valence-corrected chi connectivity index (χ0v) is 16.2. The van der Waals surface area contributed by atoms with Gasteiger partial charge in [0.1, 0.15) is 0 Å². The van der Waals surface area contributed by atoms with Gasteiger partial charge >= 0.3 is 0 Å². The molecule has 0 aromatic carbocycles. The Morgan fingerprint density at radius 3 is 2.08 bits per heavy atom. The molecule has 5 heteroatoms. The van der Waals surface area contributed by atoms with Crippen LogP contribution >= 0.6 is 0 Å². The summed E-state index contributed by atoms with van der Waals surface area (Å²) < 4.78 is 0. The molecule has 0 aromatic heterocycles. The van der Waals surface area contributed by atoms with E-state index < -0.39 is 0 Å². The van der Waals surface area contributed by atoms with Crippen LogP contribution in [0.1, 0.15) is 53.9 Å². The molecule has 24 heavy (non-hydrogen) atoms. The molecule has 2 aliphatic rings. The van der Waals surface area contributed by atoms with E-state index in [-0.39, 0.29) is 17.2 Å². The average Bonchev–Trinajstić information content (AvgIpc) is 3.01. The van der Waals surface area contributed by atoms with Gasteiger partial charge in [-0.15, -0.1) is 0 Å². The van der Waals surface area contributed by atoms with E-state index in [2.05, 4.69) is 39.5 Å². The van der Waals surface area contributed by atoms with Crippen molar-refractivity contribution in [1.82, 2.24) is 14.7 Å². The third kappa shape index (κ3) is 5.20. The molecule has 0 unspecified atom stereocenters. The first kappa shape index (κ1) is 19.2. The lowest BCUT2D eigenvalue weighted by Gasteiger charge is -2.36. The van der Waals surface area contributed by atoms with Crippen LogP contribution in [0.5, 0.6) is 0 Å². The first-order valence-electron chi connectivity index (χ1n) is 9.48. The van der Waals surface area contributed by atoms with Crippen molar-refractivity contribution in [3.63, 3.8) is 0 Å². The Balaban J connectivity index is 1.76. The SMILES string of the molecule is CC(C)N1CC[C@H](C(=O)N2CCN(C(=O)CCC(C)(C)C)CC2)C1. The maximum absolute atomic E-state index is 12.7. The number of carbonyl (C=O) groups excluding carboxylic acids is 2. The van der Waals surface area contributed by atoms with E-state index in [9.17, 15) is 9.59 Å². The largest absolute Gasteiger partial charge is 0.339 e. The van der Waals surface area contributed by atoms with Crippen LogP contribution in [0.4, 0.5) is 0 Å². The summed E-state index contributed by atoms with van der Waals surface area (Å²) >= 11 is 0. The van der Waals surface area contributed by atoms with Crippen molar-refractivity contribution >= 4 is 11.8 Å². The lowest BCUT2D eigenvalue weighted by atomic mass is 9.90. The molecule has 2 amide bonds. The first-order chi connectivity index (χ1) is 11.2. The van der Waals surface area contributed by atoms with Gasteiger partial charge in [0.25, 0.3) is 0 Å². The smallest absolute Gasteiger partial charge is 0.227 e. The number of hydrogen-bond donors (Lipinski definition) is 0. The van der Waals surface area contributed by atoms with Crippen LogP contribution in [0.3, 0.4) is 0 Å². The highest BCUT2D eigenvalue weighted by Crippen LogP contribution is 2.23. The van der Waals surface area contributed by atoms with E-state index in [4.69, 9.17) is 0 Å². The topological polar surface area (TPSA) is 43.9 Å². The molecule has 2 aliphatic heterocycles. The number of carbonyl (C=O) groups is 2. The maximum atomic E-state index is 12.7. The minimum absolute atomic E-state index is 0.149. The molecule has 0 aromatic rings. The quantitative estimate of drug-likeness (QED) is 0.790. The van der Waals surface area contributed by atoms with Crippen molar-refractivity contribution < 1.29 is 9.59 Å². The number of piperazine rings is 1. The van der Waals surface area contributed by atoms with E-state index in [0.29, 0.717) is 44.5 Å². The molecular formula is C19H35N3O2. The van der Waals surface area contributed by atoms with Crippen LogP contribution in [0, 0.1) is 11.3 Å². The lowest BCUT2D eigenvalue weighted by Crippen LogP contribution is -2.52. The van der Waals surface area contributed by atoms with Crippen molar-refractivity contribution in [3.05, 3.63) is 0 Å². The lowest BCUT2D eigenvalue weighted by molar-refractivity contribution is -0.142. The molecular weight excluding hydrogens is 302 g/mol. The van der Waals surface area contributed by atoms with Gasteiger partial charge in [0.05, 0.1) is 5.92 Å². The highest BCUT2D eigenvalue weighted by atomic mass is 16.2. The highest BCUT2D eigenvalue weighted by Gasteiger charge is 2.34. The number of hydrogen-bond acceptors (Lipinski definition) is 3. The normalized spacial score (nSPS) is 23.2. The zero-order chi connectivity index (χ0) is 17.9. The fourth-order valence-corrected chi connectivity index (χ4v) is 3.53. The predicted octanol–water partition coefficient (Wildman–Crippen LogP) is 2.21. The Kier molecular flexibility index (Phi) is 6.29. The van der Waals surface area contributed by atoms with Gasteiger partial charge in [-0.1, -0.05) is 20.8 Å². The van der Waals surface area contributed by atoms with E-state index in [1.807, 2.05) is 9.80 Å². The number of nitrogens with zero attached hydrogens (tertiary/aromatic N) is 3. The van der Waals surface area contributed by atoms with Gasteiger partial charge in [-0.05, 0) is 38.6 Å². The molecule has 2 fully saturated rings. The van der Waals surface area contributed by atoms with Gasteiger partial charge < -0.3 is 14.7 Å². The van der Waals surface area contributed by atoms with E-state index in [1.54, 1.807) is 0 Å². The van der Waals surface area contributed by atoms with Gasteiger partial charge in [0, 0.05) is 45.2 Å². The molecule has 1 atom stereocenters. The number of likely N-dealkylation sites (tertiary alicyclic amines) is 1. The van der Waals surface area contributed by atoms with Crippen molar-refractivity contribution in [3.8, 4) is 0 Å². The van der Waals surface area contributed by atoms with Crippen LogP contribution in [0.15, 0.2) is 0 Å². The van der Waals surface area contributed by atoms with Crippen LogP contribution in [0.25, 0.3) is 0 Å². The maximum Gasteiger partial charge on any atom is 0.227 e. The third-order valence-electron chi connectivity index (χ3n) is 5.33. The second kappa shape index (κ2) is 7.85. The molecule has 0 saturated carbocycles. The molecule has 2 heterocycles. The second-order valence-electron chi connectivity index (χ2n) is 8.84. The molecule has 0 N–H and O–H groups in total. The standard InChI is InChI=1S/C19H35N3O2/c1-15(2)22-9-7-16(14-22)18(24)21-12-10-20(11-13-21)17(23)6-8-19(3,4)5/h15-16H,6-14H2,1-5H3/t16-/m0/s1. The fraction of sp³-hybridized carbons (Fsp3) is 0.895. The summed E-state index contributed by atoms with van der Waals surface area (Å²) in [4.78, 5) is 31.3. The highest BCUT2D eigenvalue weighted by molar-refractivity contribution is 5.80. The zero-order valence-electron chi connectivity index (χ0n) is 16.2. The second-order valence-corrected chi connectivity index (χ2v) is 8.84. The number of amides is 2. The summed E-state index contributed by atoms with van der Waals surface area (Å²) in [7, 11) is 0. The van der Waals surface area contributed by atoms with Crippen molar-refractivity contribution in [2.75, 3.05) is 39.3 Å². The van der Waals surface area contributed by atoms with Gasteiger partial charge in [0.15, 0.2) is 0 Å². The Morgan fingerprint density at radius 2 is 1.58 bits per heavy atom. The first-order valence-corrected chi connectivity index (χ1v) is 9.48. The number of rotatable bonds is 4. The molecule has 0 aliphatic carbocycles. The van der Waals surface area contributed by atoms with Crippen molar-refractivity contribution in [2.45, 2.75) is 59.9 Å². The monoisotopic (exact) mass is 337 g/mol. The molecule has 2 saturated heterocycles. The van der Waals surface area contributed by atoms with Gasteiger partial charge in [-0.25, -0.2) is 0 Å². The van der Waals surface area contributed by atoms with Gasteiger partial charge in [-0.3, -0.25) is 9.59 Å². The fourth-order valence-electron chi connectivity index (χ4n) is 3.53. The van der Waals surface area contributed by atoms with E-state index >= 15 is 0 Å². The molecule has 5 nitrogen and oxygen atoms in total. The van der Waals surface area contributed by atoms with Gasteiger partial charge in [0.2, 0.25) is 11.8 Å². The summed E-state index contributed by atoms with van der Waals surface area (Å²) in [6, 6.07) is 0.514. The minimum atomic E-state index is 0.149. The summed E-state index contributed by atoms with van der Waals surface area (Å²) in [6.45, 7) is 15.6. The molecule has 2 rings (SSSR count). The Labute approximate surface area is 147 Å². The third-order valence-corrected chi connectivity index (χ3v) is 5.33. The van der Waals surface area contributed by atoms with Crippen LogP contribution < -0.4 is 0 Å². The van der Waals surface area contributed by atoms with Crippen molar-refractivity contribution in [2.24, 2.45) is 11.3 Å². The average molecular weight is 338 g/mol. The van der Waals surface area contributed by atoms with Crippen LogP contribution in [0.2, 0.25) is 0 Å². The molecule has 0 spiro atoms. The summed E-state index contributed by atoms with van der Waals surface area (Å²) in [6.07, 6.45) is 2.50. The Bertz CT molecular complexity index is 448. The van der Waals surface area contributed by atoms with Crippen LogP contribution in [-0.2, 0) is 9.59 Å². The molecule has 0 bridgehead atoms. The van der Waals surface area contributed by atoms with Gasteiger partial charge in [-0.2, -0.15) is 0 Å². The predicted molar refractivity (Wildman–Crippen MR) is 96.7 cm³/mol. The summed E-state index contributed by atoms with van der Waals surface area (Å²) in [5.41, 5.74) is 0.193. The Hall–Kier alpha value is -1.10. The van der Waals surface area contributed by atoms with Crippen LogP contribution in [-0.4, -0.2) is 71.8 Å². The Morgan fingerprint density at radius 1 is 1.00 bits per heavy atom.